The first-order valence-electron chi connectivity index (χ1n) is 5.49. The molecule has 1 aromatic carbocycles. The second-order valence-corrected chi connectivity index (χ2v) is 4.92. The van der Waals surface area contributed by atoms with Gasteiger partial charge in [0.1, 0.15) is 11.8 Å². The van der Waals surface area contributed by atoms with Crippen LogP contribution in [-0.4, -0.2) is 35.1 Å². The number of carbonyl (C=O) groups is 2. The Morgan fingerprint density at radius 1 is 1.47 bits per heavy atom. The van der Waals surface area contributed by atoms with Crippen molar-refractivity contribution in [2.45, 2.75) is 13.0 Å². The summed E-state index contributed by atoms with van der Waals surface area (Å²) in [4.78, 5) is 26.7. The summed E-state index contributed by atoms with van der Waals surface area (Å²) in [6, 6.07) is 4.36. The number of hydrogen-bond donors (Lipinski definition) is 2. The monoisotopic (exact) mass is 280 g/mol. The van der Waals surface area contributed by atoms with Gasteiger partial charge >= 0.3 is 5.97 Å². The predicted octanol–water partition coefficient (Wildman–Crippen LogP) is 1.51. The van der Waals surface area contributed by atoms with Crippen molar-refractivity contribution in [1.82, 2.24) is 10.3 Å². The van der Waals surface area contributed by atoms with E-state index < -0.39 is 17.9 Å². The highest BCUT2D eigenvalue weighted by molar-refractivity contribution is 7.20. The molecule has 1 unspecified atom stereocenters. The molecule has 6 nitrogen and oxygen atoms in total. The van der Waals surface area contributed by atoms with Crippen molar-refractivity contribution < 1.29 is 19.4 Å². The van der Waals surface area contributed by atoms with Gasteiger partial charge in [-0.05, 0) is 19.1 Å². The van der Waals surface area contributed by atoms with Crippen molar-refractivity contribution >= 4 is 33.4 Å². The lowest BCUT2D eigenvalue weighted by atomic mass is 10.3. The van der Waals surface area contributed by atoms with Gasteiger partial charge < -0.3 is 15.2 Å². The van der Waals surface area contributed by atoms with Crippen LogP contribution in [0.2, 0.25) is 0 Å². The zero-order valence-electron chi connectivity index (χ0n) is 10.3. The third kappa shape index (κ3) is 2.82. The standard InChI is InChI=1S/C12H12N2O4S/c1-6(12(16)17)13-10(15)11-14-8-5-7(18-2)3-4-9(8)19-11/h3-6H,1-2H3,(H,13,15)(H,16,17). The normalized spacial score (nSPS) is 12.1. The molecular weight excluding hydrogens is 268 g/mol. The van der Waals surface area contributed by atoms with E-state index in [1.807, 2.05) is 6.07 Å². The first kappa shape index (κ1) is 13.3. The number of hydrogen-bond acceptors (Lipinski definition) is 5. The minimum absolute atomic E-state index is 0.233. The summed E-state index contributed by atoms with van der Waals surface area (Å²) in [5.41, 5.74) is 0.650. The van der Waals surface area contributed by atoms with Crippen LogP contribution in [0.25, 0.3) is 10.2 Å². The Morgan fingerprint density at radius 2 is 2.21 bits per heavy atom. The number of nitrogens with zero attached hydrogens (tertiary/aromatic N) is 1. The minimum Gasteiger partial charge on any atom is -0.497 e. The number of benzene rings is 1. The van der Waals surface area contributed by atoms with Gasteiger partial charge in [-0.15, -0.1) is 11.3 Å². The molecule has 0 fully saturated rings. The maximum Gasteiger partial charge on any atom is 0.325 e. The topological polar surface area (TPSA) is 88.5 Å². The highest BCUT2D eigenvalue weighted by Gasteiger charge is 2.18. The highest BCUT2D eigenvalue weighted by atomic mass is 32.1. The number of methoxy groups -OCH3 is 1. The third-order valence-corrected chi connectivity index (χ3v) is 3.54. The number of ether oxygens (including phenoxy) is 1. The lowest BCUT2D eigenvalue weighted by Crippen LogP contribution is -2.38. The zero-order chi connectivity index (χ0) is 14.0. The number of thiazole rings is 1. The predicted molar refractivity (Wildman–Crippen MR) is 70.7 cm³/mol. The molecule has 0 aliphatic rings. The van der Waals surface area contributed by atoms with E-state index in [0.717, 1.165) is 4.70 Å². The zero-order valence-corrected chi connectivity index (χ0v) is 11.2. The largest absolute Gasteiger partial charge is 0.497 e. The fraction of sp³-hybridized carbons (Fsp3) is 0.250. The van der Waals surface area contributed by atoms with Crippen molar-refractivity contribution in [2.24, 2.45) is 0 Å². The van der Waals surface area contributed by atoms with Crippen molar-refractivity contribution in [1.29, 1.82) is 0 Å². The number of rotatable bonds is 4. The molecule has 1 atom stereocenters. The number of carboxylic acids is 1. The number of amides is 1. The summed E-state index contributed by atoms with van der Waals surface area (Å²) in [6.45, 7) is 1.40. The molecule has 2 aromatic rings. The Morgan fingerprint density at radius 3 is 2.84 bits per heavy atom. The van der Waals surface area contributed by atoms with Crippen molar-refractivity contribution in [2.75, 3.05) is 7.11 Å². The fourth-order valence-electron chi connectivity index (χ4n) is 1.45. The number of carboxylic acid groups (broad SMARTS) is 1. The molecule has 2 N–H and O–H groups in total. The van der Waals surface area contributed by atoms with Crippen molar-refractivity contribution in [3.8, 4) is 5.75 Å². The first-order chi connectivity index (χ1) is 9.01. The summed E-state index contributed by atoms with van der Waals surface area (Å²) in [5, 5.41) is 11.3. The van der Waals surface area contributed by atoms with Gasteiger partial charge in [0, 0.05) is 6.07 Å². The molecule has 7 heteroatoms. The lowest BCUT2D eigenvalue weighted by molar-refractivity contribution is -0.138. The van der Waals surface area contributed by atoms with E-state index in [9.17, 15) is 9.59 Å². The first-order valence-corrected chi connectivity index (χ1v) is 6.31. The Bertz CT molecular complexity index is 638. The van der Waals surface area contributed by atoms with Crippen LogP contribution in [0.3, 0.4) is 0 Å². The molecule has 0 saturated carbocycles. The summed E-state index contributed by atoms with van der Waals surface area (Å²) >= 11 is 1.21. The average Bonchev–Trinajstić information content (AvgIpc) is 2.81. The second kappa shape index (κ2) is 5.23. The smallest absolute Gasteiger partial charge is 0.325 e. The molecule has 0 saturated heterocycles. The van der Waals surface area contributed by atoms with Gasteiger partial charge in [-0.25, -0.2) is 4.98 Å². The summed E-state index contributed by atoms with van der Waals surface area (Å²) < 4.78 is 5.92. The van der Waals surface area contributed by atoms with Crippen molar-refractivity contribution in [3.05, 3.63) is 23.2 Å². The maximum absolute atomic E-state index is 11.8. The molecule has 0 aliphatic heterocycles. The number of aromatic nitrogens is 1. The van der Waals surface area contributed by atoms with Gasteiger partial charge in [-0.1, -0.05) is 0 Å². The van der Waals surface area contributed by atoms with Crippen molar-refractivity contribution in [3.63, 3.8) is 0 Å². The fourth-order valence-corrected chi connectivity index (χ4v) is 2.30. The van der Waals surface area contributed by atoms with Crippen LogP contribution in [0.1, 0.15) is 16.7 Å². The van der Waals surface area contributed by atoms with E-state index in [0.29, 0.717) is 11.3 Å². The third-order valence-electron chi connectivity index (χ3n) is 2.51. The molecule has 100 valence electrons. The van der Waals surface area contributed by atoms with Crippen LogP contribution in [0.15, 0.2) is 18.2 Å². The summed E-state index contributed by atoms with van der Waals surface area (Å²) in [6.07, 6.45) is 0. The molecule has 0 aliphatic carbocycles. The van der Waals surface area contributed by atoms with Gasteiger partial charge in [0.05, 0.1) is 17.3 Å². The summed E-state index contributed by atoms with van der Waals surface area (Å²) in [7, 11) is 1.55. The van der Waals surface area contributed by atoms with E-state index in [2.05, 4.69) is 10.3 Å². The van der Waals surface area contributed by atoms with E-state index in [1.165, 1.54) is 18.3 Å². The molecule has 2 rings (SSSR count). The number of aliphatic carboxylic acids is 1. The van der Waals surface area contributed by atoms with Crippen LogP contribution < -0.4 is 10.1 Å². The van der Waals surface area contributed by atoms with Gasteiger partial charge in [0.15, 0.2) is 5.01 Å². The average molecular weight is 280 g/mol. The van der Waals surface area contributed by atoms with E-state index in [-0.39, 0.29) is 5.01 Å². The maximum atomic E-state index is 11.8. The van der Waals surface area contributed by atoms with E-state index in [4.69, 9.17) is 9.84 Å². The Labute approximate surface area is 113 Å². The molecule has 0 radical (unpaired) electrons. The Kier molecular flexibility index (Phi) is 3.66. The Balaban J connectivity index is 2.25. The van der Waals surface area contributed by atoms with E-state index in [1.54, 1.807) is 19.2 Å². The number of carbonyl (C=O) groups excluding carboxylic acids is 1. The minimum atomic E-state index is -1.09. The molecule has 19 heavy (non-hydrogen) atoms. The molecule has 1 heterocycles. The Hall–Kier alpha value is -2.15. The lowest BCUT2D eigenvalue weighted by Gasteiger charge is -2.06. The van der Waals surface area contributed by atoms with Crippen LogP contribution in [0, 0.1) is 0 Å². The molecule has 1 amide bonds. The van der Waals surface area contributed by atoms with Gasteiger partial charge in [-0.2, -0.15) is 0 Å². The number of nitrogens with one attached hydrogen (secondary N) is 1. The van der Waals surface area contributed by atoms with Gasteiger partial charge in [-0.3, -0.25) is 9.59 Å². The number of fused-ring (bicyclic) bond motifs is 1. The summed E-state index contributed by atoms with van der Waals surface area (Å²) in [5.74, 6) is -0.921. The molecular formula is C12H12N2O4S. The van der Waals surface area contributed by atoms with Crippen LogP contribution >= 0.6 is 11.3 Å². The SMILES string of the molecule is COc1ccc2sc(C(=O)NC(C)C(=O)O)nc2c1. The molecule has 0 spiro atoms. The van der Waals surface area contributed by atoms with Crippen LogP contribution in [0.5, 0.6) is 5.75 Å². The van der Waals surface area contributed by atoms with Gasteiger partial charge in [0.25, 0.3) is 5.91 Å². The highest BCUT2D eigenvalue weighted by Crippen LogP contribution is 2.25. The molecule has 0 bridgehead atoms. The quantitative estimate of drug-likeness (QED) is 0.886. The van der Waals surface area contributed by atoms with Gasteiger partial charge in [0.2, 0.25) is 0 Å². The molecule has 1 aromatic heterocycles. The van der Waals surface area contributed by atoms with Crippen LogP contribution in [-0.2, 0) is 4.79 Å². The second-order valence-electron chi connectivity index (χ2n) is 3.89. The van der Waals surface area contributed by atoms with E-state index >= 15 is 0 Å². The van der Waals surface area contributed by atoms with Crippen LogP contribution in [0.4, 0.5) is 0 Å².